The Balaban J connectivity index is 0.00000121. The van der Waals surface area contributed by atoms with Crippen LogP contribution in [0.15, 0.2) is 54.6 Å². The number of hydrogen-bond donors (Lipinski definition) is 1. The molecule has 1 aliphatic rings. The molecule has 1 N–H and O–H groups in total. The van der Waals surface area contributed by atoms with Gasteiger partial charge >= 0.3 is 0 Å². The molecule has 0 aliphatic carbocycles. The molecule has 4 rings (SSSR count). The zero-order valence-corrected chi connectivity index (χ0v) is 16.9. The molecule has 1 saturated heterocycles. The third-order valence-electron chi connectivity index (χ3n) is 5.31. The lowest BCUT2D eigenvalue weighted by Gasteiger charge is -2.36. The molecular weight excluding hydrogens is 363 g/mol. The molecule has 0 amide bonds. The van der Waals surface area contributed by atoms with Crippen LogP contribution in [-0.4, -0.2) is 31.1 Å². The van der Waals surface area contributed by atoms with Crippen LogP contribution < -0.4 is 5.32 Å². The van der Waals surface area contributed by atoms with E-state index in [4.69, 9.17) is 0 Å². The minimum absolute atomic E-state index is 0. The number of nitrogens with one attached hydrogen (secondary N) is 1. The fourth-order valence-corrected chi connectivity index (χ4v) is 4.16. The van der Waals surface area contributed by atoms with Crippen molar-refractivity contribution in [1.82, 2.24) is 10.2 Å². The highest BCUT2D eigenvalue weighted by atomic mass is 35.5. The molecule has 1 heterocycles. The van der Waals surface area contributed by atoms with Gasteiger partial charge in [0.1, 0.15) is 0 Å². The van der Waals surface area contributed by atoms with Crippen LogP contribution in [0.4, 0.5) is 0 Å². The number of benzene rings is 3. The fraction of sp³-hybridized carbons (Fsp3) is 0.364. The number of fused-ring (bicyclic) bond motifs is 3. The summed E-state index contributed by atoms with van der Waals surface area (Å²) < 4.78 is 0. The van der Waals surface area contributed by atoms with E-state index in [2.05, 4.69) is 71.7 Å². The molecule has 2 nitrogen and oxygen atoms in total. The van der Waals surface area contributed by atoms with E-state index in [9.17, 15) is 0 Å². The maximum absolute atomic E-state index is 3.49. The van der Waals surface area contributed by atoms with Gasteiger partial charge in [-0.15, -0.1) is 24.8 Å². The van der Waals surface area contributed by atoms with Crippen LogP contribution in [0.1, 0.15) is 31.4 Å². The standard InChI is InChI=1S/C22H26N2.2ClH/c1-2-7-22(24-14-12-23-13-15-24)21-16-17-8-3-4-9-18(17)19-10-5-6-11-20(19)21;;/h3-6,8-11,16,22-23H,2,7,12-15H2,1H3;2*1H/t22-;;/m1../s1. The van der Waals surface area contributed by atoms with Gasteiger partial charge in [-0.1, -0.05) is 61.9 Å². The van der Waals surface area contributed by atoms with E-state index in [1.54, 1.807) is 0 Å². The van der Waals surface area contributed by atoms with Gasteiger partial charge in [0.25, 0.3) is 0 Å². The van der Waals surface area contributed by atoms with Crippen molar-refractivity contribution in [2.75, 3.05) is 26.2 Å². The molecule has 0 spiro atoms. The van der Waals surface area contributed by atoms with E-state index in [0.717, 1.165) is 26.2 Å². The lowest BCUT2D eigenvalue weighted by atomic mass is 9.90. The molecule has 3 aromatic rings. The minimum Gasteiger partial charge on any atom is -0.314 e. The second kappa shape index (κ2) is 9.57. The summed E-state index contributed by atoms with van der Waals surface area (Å²) in [4.78, 5) is 2.68. The average molecular weight is 391 g/mol. The van der Waals surface area contributed by atoms with E-state index in [0.29, 0.717) is 6.04 Å². The number of piperazine rings is 1. The molecule has 140 valence electrons. The largest absolute Gasteiger partial charge is 0.314 e. The molecule has 1 fully saturated rings. The molecule has 0 radical (unpaired) electrons. The van der Waals surface area contributed by atoms with Crippen LogP contribution in [-0.2, 0) is 0 Å². The van der Waals surface area contributed by atoms with Crippen LogP contribution in [0, 0.1) is 0 Å². The van der Waals surface area contributed by atoms with Gasteiger partial charge in [-0.2, -0.15) is 0 Å². The lowest BCUT2D eigenvalue weighted by Crippen LogP contribution is -2.45. The summed E-state index contributed by atoms with van der Waals surface area (Å²) in [6, 6.07) is 20.7. The summed E-state index contributed by atoms with van der Waals surface area (Å²) in [5.74, 6) is 0. The fourth-order valence-electron chi connectivity index (χ4n) is 4.16. The van der Waals surface area contributed by atoms with Crippen LogP contribution in [0.3, 0.4) is 0 Å². The summed E-state index contributed by atoms with van der Waals surface area (Å²) in [6.45, 7) is 6.80. The van der Waals surface area contributed by atoms with E-state index in [1.807, 2.05) is 0 Å². The van der Waals surface area contributed by atoms with Gasteiger partial charge in [-0.25, -0.2) is 0 Å². The highest BCUT2D eigenvalue weighted by molar-refractivity contribution is 6.09. The van der Waals surface area contributed by atoms with E-state index >= 15 is 0 Å². The predicted octanol–water partition coefficient (Wildman–Crippen LogP) is 5.58. The average Bonchev–Trinajstić information content (AvgIpc) is 2.66. The first-order valence-electron chi connectivity index (χ1n) is 9.23. The van der Waals surface area contributed by atoms with Crippen molar-refractivity contribution in [3.8, 4) is 0 Å². The Bertz CT molecular complexity index is 844. The summed E-state index contributed by atoms with van der Waals surface area (Å²) >= 11 is 0. The van der Waals surface area contributed by atoms with Gasteiger partial charge in [0, 0.05) is 32.2 Å². The number of hydrogen-bond acceptors (Lipinski definition) is 2. The molecule has 0 bridgehead atoms. The Morgan fingerprint density at radius 1 is 0.885 bits per heavy atom. The number of halogens is 2. The number of nitrogens with zero attached hydrogens (tertiary/aromatic N) is 1. The van der Waals surface area contributed by atoms with Gasteiger partial charge in [0.15, 0.2) is 0 Å². The van der Waals surface area contributed by atoms with Gasteiger partial charge < -0.3 is 5.32 Å². The zero-order chi connectivity index (χ0) is 16.4. The maximum atomic E-state index is 3.49. The number of rotatable bonds is 4. The topological polar surface area (TPSA) is 15.3 Å². The third-order valence-corrected chi connectivity index (χ3v) is 5.31. The Hall–Kier alpha value is -1.32. The SMILES string of the molecule is CCC[C@H](c1cc2ccccc2c2ccccc12)N1CCNCC1.Cl.Cl. The van der Waals surface area contributed by atoms with Crippen molar-refractivity contribution >= 4 is 46.4 Å². The third kappa shape index (κ3) is 3.99. The summed E-state index contributed by atoms with van der Waals surface area (Å²) in [5.41, 5.74) is 1.51. The summed E-state index contributed by atoms with van der Waals surface area (Å²) in [6.07, 6.45) is 2.44. The Labute approximate surface area is 168 Å². The summed E-state index contributed by atoms with van der Waals surface area (Å²) in [5, 5.41) is 9.03. The first kappa shape index (κ1) is 21.0. The van der Waals surface area contributed by atoms with Crippen molar-refractivity contribution in [2.45, 2.75) is 25.8 Å². The molecule has 1 atom stereocenters. The highest BCUT2D eigenvalue weighted by Gasteiger charge is 2.23. The Morgan fingerprint density at radius 2 is 1.50 bits per heavy atom. The van der Waals surface area contributed by atoms with E-state index in [-0.39, 0.29) is 24.8 Å². The first-order chi connectivity index (χ1) is 11.9. The summed E-state index contributed by atoms with van der Waals surface area (Å²) in [7, 11) is 0. The molecule has 0 saturated carbocycles. The van der Waals surface area contributed by atoms with Crippen LogP contribution in [0.5, 0.6) is 0 Å². The van der Waals surface area contributed by atoms with Gasteiger partial charge in [0.2, 0.25) is 0 Å². The Morgan fingerprint density at radius 3 is 2.19 bits per heavy atom. The first-order valence-corrected chi connectivity index (χ1v) is 9.23. The lowest BCUT2D eigenvalue weighted by molar-refractivity contribution is 0.166. The van der Waals surface area contributed by atoms with Crippen LogP contribution in [0.25, 0.3) is 21.5 Å². The quantitative estimate of drug-likeness (QED) is 0.584. The highest BCUT2D eigenvalue weighted by Crippen LogP contribution is 2.36. The van der Waals surface area contributed by atoms with Gasteiger partial charge in [-0.3, -0.25) is 4.90 Å². The van der Waals surface area contributed by atoms with Gasteiger partial charge in [0.05, 0.1) is 0 Å². The molecule has 1 aliphatic heterocycles. The normalized spacial score (nSPS) is 16.0. The molecular formula is C22H28Cl2N2. The molecule has 26 heavy (non-hydrogen) atoms. The van der Waals surface area contributed by atoms with Gasteiger partial charge in [-0.05, 0) is 39.6 Å². The van der Waals surface area contributed by atoms with Crippen molar-refractivity contribution < 1.29 is 0 Å². The molecule has 0 aromatic heterocycles. The molecule has 0 unspecified atom stereocenters. The predicted molar refractivity (Wildman–Crippen MR) is 118 cm³/mol. The monoisotopic (exact) mass is 390 g/mol. The van der Waals surface area contributed by atoms with Crippen molar-refractivity contribution in [3.63, 3.8) is 0 Å². The van der Waals surface area contributed by atoms with Crippen LogP contribution in [0.2, 0.25) is 0 Å². The second-order valence-electron chi connectivity index (χ2n) is 6.82. The van der Waals surface area contributed by atoms with Crippen molar-refractivity contribution in [2.24, 2.45) is 0 Å². The van der Waals surface area contributed by atoms with Crippen molar-refractivity contribution in [1.29, 1.82) is 0 Å². The van der Waals surface area contributed by atoms with E-state index in [1.165, 1.54) is 39.9 Å². The zero-order valence-electron chi connectivity index (χ0n) is 15.3. The maximum Gasteiger partial charge on any atom is 0.0355 e. The molecule has 3 aromatic carbocycles. The van der Waals surface area contributed by atoms with E-state index < -0.39 is 0 Å². The molecule has 4 heteroatoms. The van der Waals surface area contributed by atoms with Crippen molar-refractivity contribution in [3.05, 3.63) is 60.2 Å². The van der Waals surface area contributed by atoms with Crippen LogP contribution >= 0.6 is 24.8 Å². The second-order valence-corrected chi connectivity index (χ2v) is 6.82. The minimum atomic E-state index is 0. The smallest absolute Gasteiger partial charge is 0.0355 e. The Kier molecular flexibility index (Phi) is 7.72.